The predicted octanol–water partition coefficient (Wildman–Crippen LogP) is 3.51. The maximum absolute atomic E-state index is 12.7. The number of pyridine rings is 1. The summed E-state index contributed by atoms with van der Waals surface area (Å²) in [7, 11) is 0. The number of piperidine rings is 1. The third-order valence-electron chi connectivity index (χ3n) is 5.39. The molecule has 26 heavy (non-hydrogen) atoms. The quantitative estimate of drug-likeness (QED) is 0.780. The second-order valence-corrected chi connectivity index (χ2v) is 7.14. The highest BCUT2D eigenvalue weighted by Crippen LogP contribution is 2.29. The Labute approximate surface area is 152 Å². The molecule has 1 amide bonds. The van der Waals surface area contributed by atoms with Gasteiger partial charge < -0.3 is 14.4 Å². The van der Waals surface area contributed by atoms with E-state index in [-0.39, 0.29) is 5.91 Å². The van der Waals surface area contributed by atoms with E-state index < -0.39 is 0 Å². The van der Waals surface area contributed by atoms with Crippen LogP contribution in [0.5, 0.6) is 0 Å². The Morgan fingerprint density at radius 1 is 1.42 bits per heavy atom. The summed E-state index contributed by atoms with van der Waals surface area (Å²) in [6.07, 6.45) is 5.14. The molecule has 0 saturated carbocycles. The molecule has 4 rings (SSSR count). The van der Waals surface area contributed by atoms with Gasteiger partial charge in [-0.25, -0.2) is 0 Å². The van der Waals surface area contributed by atoms with Crippen molar-refractivity contribution in [3.05, 3.63) is 47.1 Å². The molecule has 6 heteroatoms. The van der Waals surface area contributed by atoms with Gasteiger partial charge in [0.15, 0.2) is 0 Å². The monoisotopic (exact) mass is 352 g/mol. The molecule has 0 aliphatic carbocycles. The molecule has 1 atom stereocenters. The molecular weight excluding hydrogens is 328 g/mol. The van der Waals surface area contributed by atoms with Crippen LogP contribution < -0.4 is 0 Å². The smallest absolute Gasteiger partial charge is 0.222 e. The normalized spacial score (nSPS) is 17.8. The number of fused-ring (bicyclic) bond motifs is 1. The van der Waals surface area contributed by atoms with Crippen LogP contribution in [0.2, 0.25) is 0 Å². The van der Waals surface area contributed by atoms with Gasteiger partial charge in [-0.3, -0.25) is 9.78 Å². The van der Waals surface area contributed by atoms with Crippen molar-refractivity contribution in [3.8, 4) is 0 Å². The lowest BCUT2D eigenvalue weighted by Gasteiger charge is -2.32. The lowest BCUT2D eigenvalue weighted by atomic mass is 9.94. The number of nitrogens with zero attached hydrogens (tertiary/aromatic N) is 3. The first-order chi connectivity index (χ1) is 12.6. The molecule has 1 fully saturated rings. The minimum atomic E-state index is 0.212. The highest BCUT2D eigenvalue weighted by atomic mass is 16.5. The Bertz CT molecular complexity index is 874. The molecule has 4 heterocycles. The van der Waals surface area contributed by atoms with Crippen LogP contribution in [0.3, 0.4) is 0 Å². The van der Waals surface area contributed by atoms with E-state index in [1.807, 2.05) is 37.1 Å². The van der Waals surface area contributed by atoms with E-state index in [9.17, 15) is 4.79 Å². The summed E-state index contributed by atoms with van der Waals surface area (Å²) >= 11 is 0. The summed E-state index contributed by atoms with van der Waals surface area (Å²) in [5.41, 5.74) is 5.18. The Hall–Kier alpha value is -2.63. The Morgan fingerprint density at radius 2 is 2.31 bits per heavy atom. The van der Waals surface area contributed by atoms with Crippen molar-refractivity contribution in [1.29, 1.82) is 0 Å². The summed E-state index contributed by atoms with van der Waals surface area (Å²) in [6, 6.07) is 6.10. The fraction of sp³-hybridized carbons (Fsp3) is 0.450. The third-order valence-corrected chi connectivity index (χ3v) is 5.39. The van der Waals surface area contributed by atoms with Crippen molar-refractivity contribution in [2.45, 2.75) is 45.4 Å². The number of H-pyrrole nitrogens is 1. The molecule has 0 aromatic carbocycles. The van der Waals surface area contributed by atoms with Gasteiger partial charge in [0.1, 0.15) is 5.76 Å². The highest BCUT2D eigenvalue weighted by Gasteiger charge is 2.26. The average molecular weight is 352 g/mol. The van der Waals surface area contributed by atoms with Crippen LogP contribution in [0, 0.1) is 13.8 Å². The zero-order valence-electron chi connectivity index (χ0n) is 15.3. The second-order valence-electron chi connectivity index (χ2n) is 7.14. The number of aromatic amines is 1. The minimum Gasteiger partial charge on any atom is -0.361 e. The molecule has 6 nitrogen and oxygen atoms in total. The van der Waals surface area contributed by atoms with Crippen LogP contribution in [-0.4, -0.2) is 39.0 Å². The number of aryl methyl sites for hydroxylation is 2. The predicted molar refractivity (Wildman–Crippen MR) is 98.9 cm³/mol. The van der Waals surface area contributed by atoms with E-state index in [4.69, 9.17) is 4.52 Å². The Balaban J connectivity index is 1.42. The number of hydrogen-bond donors (Lipinski definition) is 1. The molecule has 1 N–H and O–H groups in total. The van der Waals surface area contributed by atoms with Crippen molar-refractivity contribution in [3.63, 3.8) is 0 Å². The minimum absolute atomic E-state index is 0.212. The van der Waals surface area contributed by atoms with Crippen LogP contribution in [0.4, 0.5) is 0 Å². The fourth-order valence-corrected chi connectivity index (χ4v) is 3.90. The number of likely N-dealkylation sites (tertiary alicyclic amines) is 1. The SMILES string of the molecule is Cc1noc(C)c1CCC(=O)N1CCCC(c2cc3ncccc3[nH]2)C1. The summed E-state index contributed by atoms with van der Waals surface area (Å²) in [5.74, 6) is 1.38. The number of rotatable bonds is 4. The first-order valence-corrected chi connectivity index (χ1v) is 9.25. The maximum atomic E-state index is 12.7. The van der Waals surface area contributed by atoms with Crippen molar-refractivity contribution >= 4 is 16.9 Å². The number of hydrogen-bond acceptors (Lipinski definition) is 4. The van der Waals surface area contributed by atoms with Crippen molar-refractivity contribution in [2.75, 3.05) is 13.1 Å². The fourth-order valence-electron chi connectivity index (χ4n) is 3.90. The van der Waals surface area contributed by atoms with Gasteiger partial charge in [0, 0.05) is 42.9 Å². The van der Waals surface area contributed by atoms with Crippen LogP contribution in [0.1, 0.15) is 47.9 Å². The van der Waals surface area contributed by atoms with Gasteiger partial charge in [-0.15, -0.1) is 0 Å². The lowest BCUT2D eigenvalue weighted by Crippen LogP contribution is -2.39. The van der Waals surface area contributed by atoms with E-state index >= 15 is 0 Å². The molecule has 1 unspecified atom stereocenters. The topological polar surface area (TPSA) is 75.0 Å². The Kier molecular flexibility index (Phi) is 4.49. The number of carbonyl (C=O) groups excluding carboxylic acids is 1. The lowest BCUT2D eigenvalue weighted by molar-refractivity contribution is -0.132. The summed E-state index contributed by atoms with van der Waals surface area (Å²) in [5, 5.41) is 3.97. The average Bonchev–Trinajstić information content (AvgIpc) is 3.23. The van der Waals surface area contributed by atoms with E-state index in [1.165, 1.54) is 5.69 Å². The molecule has 1 aliphatic rings. The molecule has 3 aromatic heterocycles. The highest BCUT2D eigenvalue weighted by molar-refractivity contribution is 5.77. The van der Waals surface area contributed by atoms with Gasteiger partial charge >= 0.3 is 0 Å². The van der Waals surface area contributed by atoms with Crippen LogP contribution in [0.25, 0.3) is 11.0 Å². The molecule has 0 spiro atoms. The third kappa shape index (κ3) is 3.23. The molecule has 1 saturated heterocycles. The van der Waals surface area contributed by atoms with Crippen LogP contribution >= 0.6 is 0 Å². The van der Waals surface area contributed by atoms with Gasteiger partial charge in [0.05, 0.1) is 16.7 Å². The van der Waals surface area contributed by atoms with Crippen LogP contribution in [0.15, 0.2) is 28.9 Å². The summed E-state index contributed by atoms with van der Waals surface area (Å²) < 4.78 is 5.19. The second kappa shape index (κ2) is 6.94. The van der Waals surface area contributed by atoms with Crippen molar-refractivity contribution < 1.29 is 9.32 Å². The van der Waals surface area contributed by atoms with E-state index in [0.29, 0.717) is 18.8 Å². The zero-order valence-corrected chi connectivity index (χ0v) is 15.3. The number of aromatic nitrogens is 3. The van der Waals surface area contributed by atoms with Crippen LogP contribution in [-0.2, 0) is 11.2 Å². The molecule has 0 bridgehead atoms. The maximum Gasteiger partial charge on any atom is 0.222 e. The van der Waals surface area contributed by atoms with Crippen molar-refractivity contribution in [2.24, 2.45) is 0 Å². The largest absolute Gasteiger partial charge is 0.361 e. The number of nitrogens with one attached hydrogen (secondary N) is 1. The Morgan fingerprint density at radius 3 is 3.08 bits per heavy atom. The molecule has 0 radical (unpaired) electrons. The summed E-state index contributed by atoms with van der Waals surface area (Å²) in [4.78, 5) is 22.6. The van der Waals surface area contributed by atoms with Gasteiger partial charge in [-0.2, -0.15) is 0 Å². The van der Waals surface area contributed by atoms with E-state index in [1.54, 1.807) is 0 Å². The molecule has 136 valence electrons. The van der Waals surface area contributed by atoms with Gasteiger partial charge in [0.2, 0.25) is 5.91 Å². The summed E-state index contributed by atoms with van der Waals surface area (Å²) in [6.45, 7) is 5.44. The van der Waals surface area contributed by atoms with Gasteiger partial charge in [-0.05, 0) is 51.3 Å². The van der Waals surface area contributed by atoms with Crippen molar-refractivity contribution in [1.82, 2.24) is 20.0 Å². The first-order valence-electron chi connectivity index (χ1n) is 9.25. The molecule has 1 aliphatic heterocycles. The zero-order chi connectivity index (χ0) is 18.1. The first kappa shape index (κ1) is 16.8. The van der Waals surface area contributed by atoms with Gasteiger partial charge in [0.25, 0.3) is 0 Å². The van der Waals surface area contributed by atoms with E-state index in [0.717, 1.165) is 54.0 Å². The number of amides is 1. The standard InChI is InChI=1S/C20H24N4O2/c1-13-16(14(2)26-23-13)7-8-20(25)24-10-4-5-15(12-24)18-11-19-17(22-18)6-3-9-21-19/h3,6,9,11,15,22H,4-5,7-8,10,12H2,1-2H3. The molecular formula is C20H24N4O2. The number of carbonyl (C=O) groups is 1. The van der Waals surface area contributed by atoms with E-state index in [2.05, 4.69) is 21.2 Å². The molecule has 3 aromatic rings. The van der Waals surface area contributed by atoms with Gasteiger partial charge in [-0.1, -0.05) is 5.16 Å².